The van der Waals surface area contributed by atoms with E-state index in [-0.39, 0.29) is 25.1 Å². The molecule has 8 heteroatoms. The number of ether oxygens (including phenoxy) is 2. The van der Waals surface area contributed by atoms with E-state index in [4.69, 9.17) is 9.47 Å². The lowest BCUT2D eigenvalue weighted by Crippen LogP contribution is -2.51. The van der Waals surface area contributed by atoms with Gasteiger partial charge in [-0.25, -0.2) is 9.59 Å². The normalized spacial score (nSPS) is 21.7. The number of hydrogen-bond donors (Lipinski definition) is 2. The monoisotopic (exact) mass is 399 g/mol. The van der Waals surface area contributed by atoms with Crippen LogP contribution in [0.2, 0.25) is 0 Å². The van der Waals surface area contributed by atoms with Gasteiger partial charge in [-0.1, -0.05) is 25.0 Å². The molecule has 0 aromatic heterocycles. The summed E-state index contributed by atoms with van der Waals surface area (Å²) in [5, 5.41) is 5.82. The molecule has 2 heterocycles. The Morgan fingerprint density at radius 1 is 1.24 bits per heavy atom. The molecule has 0 unspecified atom stereocenters. The highest BCUT2D eigenvalue weighted by molar-refractivity contribution is 5.98. The van der Waals surface area contributed by atoms with Gasteiger partial charge in [0.05, 0.1) is 23.9 Å². The Labute approximate surface area is 169 Å². The quantitative estimate of drug-likeness (QED) is 0.714. The number of amides is 3. The SMILES string of the molecule is CCOc1ccc([C@H]2NC(=O)N(CC(=O)NC3CCCC3)C3=C2C(=O)OC3)cc1. The summed E-state index contributed by atoms with van der Waals surface area (Å²) in [7, 11) is 0. The molecule has 3 amide bonds. The largest absolute Gasteiger partial charge is 0.494 e. The number of urea groups is 1. The summed E-state index contributed by atoms with van der Waals surface area (Å²) in [4.78, 5) is 38.9. The predicted octanol–water partition coefficient (Wildman–Crippen LogP) is 2.02. The average molecular weight is 399 g/mol. The number of rotatable bonds is 6. The second-order valence-electron chi connectivity index (χ2n) is 7.46. The van der Waals surface area contributed by atoms with Gasteiger partial charge in [-0.2, -0.15) is 0 Å². The minimum Gasteiger partial charge on any atom is -0.494 e. The first-order valence-electron chi connectivity index (χ1n) is 10.1. The van der Waals surface area contributed by atoms with Crippen molar-refractivity contribution in [3.05, 3.63) is 41.1 Å². The third-order valence-corrected chi connectivity index (χ3v) is 5.54. The maximum Gasteiger partial charge on any atom is 0.338 e. The zero-order chi connectivity index (χ0) is 20.4. The van der Waals surface area contributed by atoms with Crippen LogP contribution >= 0.6 is 0 Å². The van der Waals surface area contributed by atoms with Crippen molar-refractivity contribution in [1.29, 1.82) is 0 Å². The Morgan fingerprint density at radius 3 is 2.66 bits per heavy atom. The van der Waals surface area contributed by atoms with Crippen LogP contribution in [0.4, 0.5) is 4.79 Å². The highest BCUT2D eigenvalue weighted by Gasteiger charge is 2.42. The predicted molar refractivity (Wildman–Crippen MR) is 104 cm³/mol. The van der Waals surface area contributed by atoms with Crippen molar-refractivity contribution >= 4 is 17.9 Å². The van der Waals surface area contributed by atoms with Crippen LogP contribution in [0.3, 0.4) is 0 Å². The average Bonchev–Trinajstić information content (AvgIpc) is 3.35. The number of esters is 1. The molecule has 4 rings (SSSR count). The second-order valence-corrected chi connectivity index (χ2v) is 7.46. The minimum absolute atomic E-state index is 0.00811. The maximum atomic E-state index is 12.8. The van der Waals surface area contributed by atoms with E-state index in [2.05, 4.69) is 10.6 Å². The lowest BCUT2D eigenvalue weighted by molar-refractivity contribution is -0.136. The molecule has 29 heavy (non-hydrogen) atoms. The Balaban J connectivity index is 1.55. The summed E-state index contributed by atoms with van der Waals surface area (Å²) in [6, 6.07) is 6.37. The lowest BCUT2D eigenvalue weighted by atomic mass is 9.95. The first-order chi connectivity index (χ1) is 14.1. The van der Waals surface area contributed by atoms with Crippen LogP contribution in [0.15, 0.2) is 35.5 Å². The van der Waals surface area contributed by atoms with E-state index in [1.54, 1.807) is 12.1 Å². The minimum atomic E-state index is -0.614. The summed E-state index contributed by atoms with van der Waals surface area (Å²) in [5.74, 6) is 0.0182. The van der Waals surface area contributed by atoms with Gasteiger partial charge in [0.1, 0.15) is 18.9 Å². The molecule has 1 aromatic carbocycles. The number of nitrogens with zero attached hydrogens (tertiary/aromatic N) is 1. The van der Waals surface area contributed by atoms with Crippen LogP contribution in [-0.2, 0) is 14.3 Å². The topological polar surface area (TPSA) is 97.0 Å². The fourth-order valence-corrected chi connectivity index (χ4v) is 4.14. The van der Waals surface area contributed by atoms with Crippen molar-refractivity contribution < 1.29 is 23.9 Å². The molecule has 2 aliphatic heterocycles. The molecule has 8 nitrogen and oxygen atoms in total. The smallest absolute Gasteiger partial charge is 0.338 e. The van der Waals surface area contributed by atoms with Crippen molar-refractivity contribution in [3.8, 4) is 5.75 Å². The Kier molecular flexibility index (Phi) is 5.42. The molecular formula is C21H25N3O5. The van der Waals surface area contributed by atoms with Gasteiger partial charge in [0.2, 0.25) is 5.91 Å². The van der Waals surface area contributed by atoms with E-state index >= 15 is 0 Å². The first kappa shape index (κ1) is 19.3. The fourth-order valence-electron chi connectivity index (χ4n) is 4.14. The van der Waals surface area contributed by atoms with Gasteiger partial charge in [-0.15, -0.1) is 0 Å². The van der Waals surface area contributed by atoms with Gasteiger partial charge >= 0.3 is 12.0 Å². The summed E-state index contributed by atoms with van der Waals surface area (Å²) >= 11 is 0. The number of hydrogen-bond acceptors (Lipinski definition) is 5. The number of carbonyl (C=O) groups excluding carboxylic acids is 3. The standard InChI is InChI=1S/C21H25N3O5/c1-2-28-15-9-7-13(8-10-15)19-18-16(12-29-20(18)26)24(21(27)23-19)11-17(25)22-14-5-3-4-6-14/h7-10,14,19H,2-6,11-12H2,1H3,(H,22,25)(H,23,27)/t19-/m1/s1. The van der Waals surface area contributed by atoms with Crippen LogP contribution in [-0.4, -0.2) is 48.6 Å². The second kappa shape index (κ2) is 8.14. The van der Waals surface area contributed by atoms with E-state index in [1.807, 2.05) is 19.1 Å². The van der Waals surface area contributed by atoms with Gasteiger partial charge in [0.15, 0.2) is 0 Å². The van der Waals surface area contributed by atoms with Crippen LogP contribution in [0.1, 0.15) is 44.2 Å². The molecule has 1 atom stereocenters. The van der Waals surface area contributed by atoms with E-state index in [0.29, 0.717) is 23.6 Å². The molecule has 1 saturated carbocycles. The summed E-state index contributed by atoms with van der Waals surface area (Å²) in [6.45, 7) is 2.32. The highest BCUT2D eigenvalue weighted by atomic mass is 16.5. The summed E-state index contributed by atoms with van der Waals surface area (Å²) < 4.78 is 10.7. The van der Waals surface area contributed by atoms with Gasteiger partial charge in [0.25, 0.3) is 0 Å². The molecule has 2 N–H and O–H groups in total. The molecule has 1 aliphatic carbocycles. The van der Waals surface area contributed by atoms with Gasteiger partial charge in [-0.05, 0) is 37.5 Å². The molecule has 0 radical (unpaired) electrons. The Bertz CT molecular complexity index is 842. The molecule has 0 saturated heterocycles. The van der Waals surface area contributed by atoms with Crippen molar-refractivity contribution in [3.63, 3.8) is 0 Å². The van der Waals surface area contributed by atoms with Crippen molar-refractivity contribution in [2.75, 3.05) is 19.8 Å². The van der Waals surface area contributed by atoms with Crippen molar-refractivity contribution in [1.82, 2.24) is 15.5 Å². The molecule has 1 fully saturated rings. The van der Waals surface area contributed by atoms with E-state index in [0.717, 1.165) is 31.2 Å². The van der Waals surface area contributed by atoms with E-state index in [9.17, 15) is 14.4 Å². The van der Waals surface area contributed by atoms with Crippen molar-refractivity contribution in [2.24, 2.45) is 0 Å². The molecule has 3 aliphatic rings. The summed E-state index contributed by atoms with van der Waals surface area (Å²) in [5.41, 5.74) is 1.59. The zero-order valence-corrected chi connectivity index (χ0v) is 16.4. The third kappa shape index (κ3) is 3.92. The highest BCUT2D eigenvalue weighted by Crippen LogP contribution is 2.35. The lowest BCUT2D eigenvalue weighted by Gasteiger charge is -2.32. The number of carbonyl (C=O) groups is 3. The van der Waals surface area contributed by atoms with Crippen LogP contribution < -0.4 is 15.4 Å². The third-order valence-electron chi connectivity index (χ3n) is 5.54. The zero-order valence-electron chi connectivity index (χ0n) is 16.4. The Morgan fingerprint density at radius 2 is 1.97 bits per heavy atom. The van der Waals surface area contributed by atoms with Crippen LogP contribution in [0, 0.1) is 0 Å². The number of nitrogens with one attached hydrogen (secondary N) is 2. The van der Waals surface area contributed by atoms with E-state index in [1.165, 1.54) is 4.90 Å². The van der Waals surface area contributed by atoms with Crippen LogP contribution in [0.5, 0.6) is 5.75 Å². The fraction of sp³-hybridized carbons (Fsp3) is 0.476. The summed E-state index contributed by atoms with van der Waals surface area (Å²) in [6.07, 6.45) is 4.15. The van der Waals surface area contributed by atoms with E-state index < -0.39 is 18.0 Å². The van der Waals surface area contributed by atoms with Gasteiger partial charge in [0, 0.05) is 6.04 Å². The van der Waals surface area contributed by atoms with Gasteiger partial charge in [-0.3, -0.25) is 9.69 Å². The number of benzene rings is 1. The molecule has 1 aromatic rings. The molecule has 0 bridgehead atoms. The van der Waals surface area contributed by atoms with Crippen LogP contribution in [0.25, 0.3) is 0 Å². The molecule has 154 valence electrons. The molecular weight excluding hydrogens is 374 g/mol. The van der Waals surface area contributed by atoms with Crippen molar-refractivity contribution in [2.45, 2.75) is 44.7 Å². The Hall–Kier alpha value is -3.03. The first-order valence-corrected chi connectivity index (χ1v) is 10.1. The maximum absolute atomic E-state index is 12.8. The number of cyclic esters (lactones) is 1. The van der Waals surface area contributed by atoms with Gasteiger partial charge < -0.3 is 20.1 Å². The molecule has 0 spiro atoms.